The summed E-state index contributed by atoms with van der Waals surface area (Å²) in [7, 11) is 1.51. The fourth-order valence-corrected chi connectivity index (χ4v) is 2.69. The zero-order valence-corrected chi connectivity index (χ0v) is 15.7. The second-order valence-electron chi connectivity index (χ2n) is 5.83. The Morgan fingerprint density at radius 3 is 2.82 bits per heavy atom. The molecular formula is C19H18ClN5O3. The van der Waals surface area contributed by atoms with E-state index in [0.29, 0.717) is 22.0 Å². The molecule has 8 nitrogen and oxygen atoms in total. The van der Waals surface area contributed by atoms with Crippen LogP contribution in [0.5, 0.6) is 5.75 Å². The van der Waals surface area contributed by atoms with Crippen molar-refractivity contribution in [1.29, 1.82) is 0 Å². The van der Waals surface area contributed by atoms with Crippen LogP contribution in [0.3, 0.4) is 0 Å². The first-order valence-corrected chi connectivity index (χ1v) is 8.80. The van der Waals surface area contributed by atoms with Crippen LogP contribution >= 0.6 is 11.6 Å². The third-order valence-corrected chi connectivity index (χ3v) is 4.21. The Labute approximate surface area is 166 Å². The van der Waals surface area contributed by atoms with Gasteiger partial charge in [0.2, 0.25) is 11.9 Å². The molecule has 1 heterocycles. The molecular weight excluding hydrogens is 382 g/mol. The molecule has 1 unspecified atom stereocenters. The van der Waals surface area contributed by atoms with E-state index < -0.39 is 6.04 Å². The molecule has 3 N–H and O–H groups in total. The van der Waals surface area contributed by atoms with Crippen LogP contribution in [0.15, 0.2) is 58.6 Å². The Bertz CT molecular complexity index is 945. The molecule has 1 atom stereocenters. The van der Waals surface area contributed by atoms with Crippen LogP contribution in [0.4, 0.5) is 5.69 Å². The van der Waals surface area contributed by atoms with E-state index in [9.17, 15) is 9.59 Å². The van der Waals surface area contributed by atoms with Crippen molar-refractivity contribution in [1.82, 2.24) is 10.7 Å². The van der Waals surface area contributed by atoms with Gasteiger partial charge in [-0.3, -0.25) is 14.9 Å². The second kappa shape index (κ2) is 9.01. The van der Waals surface area contributed by atoms with Gasteiger partial charge in [-0.25, -0.2) is 10.4 Å². The molecule has 1 aliphatic rings. The highest BCUT2D eigenvalue weighted by atomic mass is 35.5. The highest BCUT2D eigenvalue weighted by Gasteiger charge is 2.28. The monoisotopic (exact) mass is 399 g/mol. The predicted octanol–water partition coefficient (Wildman–Crippen LogP) is 2.16. The summed E-state index contributed by atoms with van der Waals surface area (Å²) >= 11 is 6.04. The first-order chi connectivity index (χ1) is 13.6. The minimum absolute atomic E-state index is 0.108. The van der Waals surface area contributed by atoms with Crippen LogP contribution in [0.25, 0.3) is 0 Å². The number of nitrogens with zero attached hydrogens (tertiary/aromatic N) is 2. The fraction of sp³-hybridized carbons (Fsp3) is 0.158. The van der Waals surface area contributed by atoms with E-state index in [0.717, 1.165) is 0 Å². The molecule has 0 saturated heterocycles. The molecule has 0 aromatic heterocycles. The number of ether oxygens (including phenoxy) is 1. The van der Waals surface area contributed by atoms with E-state index in [1.54, 1.807) is 36.4 Å². The number of anilines is 1. The Hall–Kier alpha value is -3.39. The van der Waals surface area contributed by atoms with Crippen LogP contribution in [0, 0.1) is 0 Å². The van der Waals surface area contributed by atoms with Gasteiger partial charge in [-0.1, -0.05) is 41.9 Å². The van der Waals surface area contributed by atoms with Gasteiger partial charge < -0.3 is 10.1 Å². The third kappa shape index (κ3) is 4.86. The molecule has 2 aromatic carbocycles. The maximum Gasteiger partial charge on any atom is 0.252 e. The van der Waals surface area contributed by atoms with Gasteiger partial charge in [-0.15, -0.1) is 0 Å². The molecule has 0 saturated carbocycles. The number of benzene rings is 2. The Morgan fingerprint density at radius 1 is 1.29 bits per heavy atom. The van der Waals surface area contributed by atoms with Crippen molar-refractivity contribution in [2.45, 2.75) is 12.5 Å². The molecule has 144 valence electrons. The summed E-state index contributed by atoms with van der Waals surface area (Å²) in [5.41, 5.74) is 3.88. The zero-order valence-electron chi connectivity index (χ0n) is 15.0. The molecule has 9 heteroatoms. The van der Waals surface area contributed by atoms with E-state index in [4.69, 9.17) is 16.3 Å². The normalized spacial score (nSPS) is 15.9. The number of methoxy groups -OCH3 is 1. The number of hydrogen-bond donors (Lipinski definition) is 3. The molecule has 0 radical (unpaired) electrons. The van der Waals surface area contributed by atoms with E-state index in [1.807, 2.05) is 12.1 Å². The summed E-state index contributed by atoms with van der Waals surface area (Å²) in [6, 6.07) is 13.4. The van der Waals surface area contributed by atoms with Crippen molar-refractivity contribution in [3.63, 3.8) is 0 Å². The van der Waals surface area contributed by atoms with Gasteiger partial charge in [-0.2, -0.15) is 5.10 Å². The van der Waals surface area contributed by atoms with Crippen molar-refractivity contribution < 1.29 is 14.3 Å². The third-order valence-electron chi connectivity index (χ3n) is 3.87. The number of halogens is 1. The average Bonchev–Trinajstić information content (AvgIpc) is 3.03. The maximum atomic E-state index is 12.2. The Morgan fingerprint density at radius 2 is 2.04 bits per heavy atom. The molecule has 0 bridgehead atoms. The van der Waals surface area contributed by atoms with Crippen molar-refractivity contribution in [2.75, 3.05) is 12.4 Å². The fourth-order valence-electron chi connectivity index (χ4n) is 2.51. The lowest BCUT2D eigenvalue weighted by molar-refractivity contribution is -0.123. The van der Waals surface area contributed by atoms with Crippen molar-refractivity contribution in [3.8, 4) is 5.75 Å². The van der Waals surface area contributed by atoms with Gasteiger partial charge in [0.25, 0.3) is 5.91 Å². The zero-order chi connectivity index (χ0) is 19.9. The lowest BCUT2D eigenvalue weighted by atomic mass is 10.2. The van der Waals surface area contributed by atoms with Crippen LogP contribution in [0.2, 0.25) is 5.02 Å². The molecule has 0 aliphatic carbocycles. The standard InChI is InChI=1S/C19H18ClN5O3/c1-28-16-9-5-4-8-14(16)22-17(26)10-15-18(27)24-19(23-15)25-21-11-12-6-2-3-7-13(12)20/h2-9,11,15H,10H2,1H3,(H,22,26)(H2,23,24,25,27). The number of para-hydroxylation sites is 2. The van der Waals surface area contributed by atoms with Gasteiger partial charge >= 0.3 is 0 Å². The van der Waals surface area contributed by atoms with Crippen molar-refractivity contribution >= 4 is 41.3 Å². The van der Waals surface area contributed by atoms with Gasteiger partial charge in [0.15, 0.2) is 0 Å². The average molecular weight is 400 g/mol. The van der Waals surface area contributed by atoms with Crippen LogP contribution in [-0.2, 0) is 9.59 Å². The minimum atomic E-state index is -0.840. The highest BCUT2D eigenvalue weighted by Crippen LogP contribution is 2.23. The number of amides is 2. The van der Waals surface area contributed by atoms with Gasteiger partial charge in [-0.05, 0) is 18.2 Å². The summed E-state index contributed by atoms with van der Waals surface area (Å²) in [6.45, 7) is 0. The Balaban J connectivity index is 1.57. The molecule has 2 amide bonds. The topological polar surface area (TPSA) is 104 Å². The largest absolute Gasteiger partial charge is 0.495 e. The van der Waals surface area contributed by atoms with E-state index in [-0.39, 0.29) is 24.2 Å². The number of carbonyl (C=O) groups is 2. The number of guanidine groups is 1. The van der Waals surface area contributed by atoms with Crippen LogP contribution in [-0.4, -0.2) is 37.1 Å². The lowest BCUT2D eigenvalue weighted by Gasteiger charge is -2.10. The Kier molecular flexibility index (Phi) is 6.23. The summed E-state index contributed by atoms with van der Waals surface area (Å²) in [6.07, 6.45) is 1.40. The summed E-state index contributed by atoms with van der Waals surface area (Å²) < 4.78 is 5.19. The smallest absolute Gasteiger partial charge is 0.252 e. The first-order valence-electron chi connectivity index (χ1n) is 8.42. The summed E-state index contributed by atoms with van der Waals surface area (Å²) in [5.74, 6) is -0.0327. The molecule has 0 fully saturated rings. The number of hydrazone groups is 1. The molecule has 0 spiro atoms. The van der Waals surface area contributed by atoms with Crippen LogP contribution < -0.4 is 20.8 Å². The van der Waals surface area contributed by atoms with Gasteiger partial charge in [0.1, 0.15) is 11.8 Å². The van der Waals surface area contributed by atoms with Gasteiger partial charge in [0, 0.05) is 10.6 Å². The van der Waals surface area contributed by atoms with Gasteiger partial charge in [0.05, 0.1) is 25.4 Å². The van der Waals surface area contributed by atoms with Crippen molar-refractivity contribution in [2.24, 2.45) is 10.1 Å². The summed E-state index contributed by atoms with van der Waals surface area (Å²) in [5, 5.41) is 9.81. The molecule has 1 aliphatic heterocycles. The SMILES string of the molecule is COc1ccccc1NC(=O)CC1N=C(NN=Cc2ccccc2Cl)NC1=O. The molecule has 28 heavy (non-hydrogen) atoms. The maximum absolute atomic E-state index is 12.2. The highest BCUT2D eigenvalue weighted by molar-refractivity contribution is 6.33. The summed E-state index contributed by atoms with van der Waals surface area (Å²) in [4.78, 5) is 28.4. The van der Waals surface area contributed by atoms with E-state index >= 15 is 0 Å². The minimum Gasteiger partial charge on any atom is -0.495 e. The quantitative estimate of drug-likeness (QED) is 0.511. The molecule has 2 aromatic rings. The number of carbonyl (C=O) groups excluding carboxylic acids is 2. The number of rotatable bonds is 6. The number of nitrogens with one attached hydrogen (secondary N) is 3. The molecule has 3 rings (SSSR count). The second-order valence-corrected chi connectivity index (χ2v) is 6.23. The first kappa shape index (κ1) is 19.4. The lowest BCUT2D eigenvalue weighted by Crippen LogP contribution is -2.35. The number of aliphatic imine (C=N–C) groups is 1. The van der Waals surface area contributed by atoms with Crippen molar-refractivity contribution in [3.05, 3.63) is 59.1 Å². The number of hydrogen-bond acceptors (Lipinski definition) is 6. The van der Waals surface area contributed by atoms with E-state index in [1.165, 1.54) is 13.3 Å². The predicted molar refractivity (Wildman–Crippen MR) is 108 cm³/mol. The van der Waals surface area contributed by atoms with E-state index in [2.05, 4.69) is 26.2 Å². The van der Waals surface area contributed by atoms with Crippen LogP contribution in [0.1, 0.15) is 12.0 Å².